The van der Waals surface area contributed by atoms with E-state index in [1.54, 1.807) is 0 Å². The lowest BCUT2D eigenvalue weighted by Gasteiger charge is -1.87. The Hall–Kier alpha value is -0.340. The van der Waals surface area contributed by atoms with Gasteiger partial charge in [-0.15, -0.1) is 11.3 Å². The summed E-state index contributed by atoms with van der Waals surface area (Å²) in [4.78, 5) is 12.6. The molecule has 0 fully saturated rings. The van der Waals surface area contributed by atoms with Crippen LogP contribution in [0.1, 0.15) is 27.0 Å². The first-order chi connectivity index (χ1) is 5.15. The van der Waals surface area contributed by atoms with Crippen LogP contribution in [0, 0.1) is 6.92 Å². The molecule has 1 nitrogen and oxygen atoms in total. The van der Waals surface area contributed by atoms with Crippen molar-refractivity contribution in [2.24, 2.45) is 0 Å². The van der Waals surface area contributed by atoms with E-state index in [4.69, 9.17) is 11.6 Å². The van der Waals surface area contributed by atoms with Crippen molar-refractivity contribution in [1.82, 2.24) is 0 Å². The van der Waals surface area contributed by atoms with Gasteiger partial charge in [-0.05, 0) is 36.6 Å². The molecule has 0 aromatic carbocycles. The molecule has 11 heavy (non-hydrogen) atoms. The van der Waals surface area contributed by atoms with Gasteiger partial charge in [-0.1, -0.05) is 6.92 Å². The second-order valence-corrected chi connectivity index (χ2v) is 3.82. The van der Waals surface area contributed by atoms with Gasteiger partial charge < -0.3 is 0 Å². The molecule has 1 heterocycles. The molecule has 0 bridgehead atoms. The molecular formula is C8H9ClOS. The molecule has 0 unspecified atom stereocenters. The predicted octanol–water partition coefficient (Wildman–Crippen LogP) is 3.00. The van der Waals surface area contributed by atoms with Crippen molar-refractivity contribution in [3.63, 3.8) is 0 Å². The summed E-state index contributed by atoms with van der Waals surface area (Å²) in [5.41, 5.74) is 1.17. The normalized spacial score (nSPS) is 10.1. The SMILES string of the molecule is CCc1sc(C(=O)Cl)cc1C. The number of halogens is 1. The number of rotatable bonds is 2. The third kappa shape index (κ3) is 1.82. The highest BCUT2D eigenvalue weighted by molar-refractivity contribution is 7.15. The fraction of sp³-hybridized carbons (Fsp3) is 0.375. The van der Waals surface area contributed by atoms with Crippen LogP contribution in [0.2, 0.25) is 0 Å². The molecule has 0 aliphatic carbocycles. The molecule has 0 aliphatic rings. The van der Waals surface area contributed by atoms with E-state index in [9.17, 15) is 4.79 Å². The number of aryl methyl sites for hydroxylation is 2. The summed E-state index contributed by atoms with van der Waals surface area (Å²) in [7, 11) is 0. The van der Waals surface area contributed by atoms with Crippen molar-refractivity contribution in [2.45, 2.75) is 20.3 Å². The molecule has 60 valence electrons. The van der Waals surface area contributed by atoms with E-state index < -0.39 is 0 Å². The molecule has 3 heteroatoms. The van der Waals surface area contributed by atoms with Crippen LogP contribution in [0.3, 0.4) is 0 Å². The van der Waals surface area contributed by atoms with E-state index in [2.05, 4.69) is 6.92 Å². The molecule has 0 N–H and O–H groups in total. The van der Waals surface area contributed by atoms with Gasteiger partial charge >= 0.3 is 0 Å². The molecule has 0 aliphatic heterocycles. The smallest absolute Gasteiger partial charge is 0.262 e. The van der Waals surface area contributed by atoms with E-state index in [-0.39, 0.29) is 5.24 Å². The Balaban J connectivity index is 3.05. The molecule has 1 aromatic heterocycles. The van der Waals surface area contributed by atoms with E-state index in [1.165, 1.54) is 21.8 Å². The second-order valence-electron chi connectivity index (χ2n) is 2.34. The monoisotopic (exact) mass is 188 g/mol. The van der Waals surface area contributed by atoms with Crippen molar-refractivity contribution >= 4 is 28.2 Å². The van der Waals surface area contributed by atoms with Crippen LogP contribution in [0.15, 0.2) is 6.07 Å². The van der Waals surface area contributed by atoms with Gasteiger partial charge in [0, 0.05) is 4.88 Å². The van der Waals surface area contributed by atoms with E-state index in [0.717, 1.165) is 6.42 Å². The number of hydrogen-bond donors (Lipinski definition) is 0. The zero-order valence-electron chi connectivity index (χ0n) is 6.48. The summed E-state index contributed by atoms with van der Waals surface area (Å²) in [5, 5.41) is -0.349. The third-order valence-electron chi connectivity index (χ3n) is 1.54. The van der Waals surface area contributed by atoms with Gasteiger partial charge in [-0.3, -0.25) is 4.79 Å². The Morgan fingerprint density at radius 2 is 2.36 bits per heavy atom. The van der Waals surface area contributed by atoms with Gasteiger partial charge in [0.2, 0.25) is 0 Å². The molecule has 0 radical (unpaired) electrons. The highest BCUT2D eigenvalue weighted by atomic mass is 35.5. The van der Waals surface area contributed by atoms with Crippen molar-refractivity contribution in [2.75, 3.05) is 0 Å². The van der Waals surface area contributed by atoms with Crippen LogP contribution >= 0.6 is 22.9 Å². The predicted molar refractivity (Wildman–Crippen MR) is 48.6 cm³/mol. The van der Waals surface area contributed by atoms with Crippen LogP contribution in [0.5, 0.6) is 0 Å². The second kappa shape index (κ2) is 3.37. The maximum atomic E-state index is 10.7. The summed E-state index contributed by atoms with van der Waals surface area (Å²) < 4.78 is 0. The van der Waals surface area contributed by atoms with Crippen molar-refractivity contribution in [3.05, 3.63) is 21.4 Å². The van der Waals surface area contributed by atoms with Gasteiger partial charge in [-0.2, -0.15) is 0 Å². The standard InChI is InChI=1S/C8H9ClOS/c1-3-6-5(2)4-7(11-6)8(9)10/h4H,3H2,1-2H3. The Labute approximate surface area is 75.0 Å². The summed E-state index contributed by atoms with van der Waals surface area (Å²) in [5.74, 6) is 0. The molecule has 1 aromatic rings. The lowest BCUT2D eigenvalue weighted by molar-refractivity contribution is 0.108. The molecule has 0 amide bonds. The molecule has 0 atom stereocenters. The van der Waals surface area contributed by atoms with Crippen LogP contribution in [-0.2, 0) is 6.42 Å². The first-order valence-corrected chi connectivity index (χ1v) is 4.63. The summed E-state index contributed by atoms with van der Waals surface area (Å²) in [6.45, 7) is 4.07. The minimum absolute atomic E-state index is 0.349. The molecule has 0 saturated carbocycles. The van der Waals surface area contributed by atoms with Gasteiger partial charge in [0.25, 0.3) is 5.24 Å². The average Bonchev–Trinajstić information content (AvgIpc) is 2.31. The number of carbonyl (C=O) groups excluding carboxylic acids is 1. The van der Waals surface area contributed by atoms with Crippen molar-refractivity contribution in [3.8, 4) is 0 Å². The van der Waals surface area contributed by atoms with Gasteiger partial charge in [0.1, 0.15) is 0 Å². The maximum Gasteiger partial charge on any atom is 0.262 e. The van der Waals surface area contributed by atoms with Crippen LogP contribution in [0.25, 0.3) is 0 Å². The maximum absolute atomic E-state index is 10.7. The molecule has 0 spiro atoms. The molecule has 0 saturated heterocycles. The van der Waals surface area contributed by atoms with Crippen LogP contribution in [-0.4, -0.2) is 5.24 Å². The zero-order chi connectivity index (χ0) is 8.43. The Kier molecular flexibility index (Phi) is 2.68. The summed E-state index contributed by atoms with van der Waals surface area (Å²) in [6, 6.07) is 1.85. The zero-order valence-corrected chi connectivity index (χ0v) is 8.05. The fourth-order valence-electron chi connectivity index (χ4n) is 0.968. The minimum atomic E-state index is -0.349. The Morgan fingerprint density at radius 1 is 1.73 bits per heavy atom. The van der Waals surface area contributed by atoms with Gasteiger partial charge in [-0.25, -0.2) is 0 Å². The first-order valence-electron chi connectivity index (χ1n) is 3.44. The Morgan fingerprint density at radius 3 is 2.64 bits per heavy atom. The number of thiophene rings is 1. The van der Waals surface area contributed by atoms with Gasteiger partial charge in [0.15, 0.2) is 0 Å². The molecule has 1 rings (SSSR count). The highest BCUT2D eigenvalue weighted by Gasteiger charge is 2.08. The molecular weight excluding hydrogens is 180 g/mol. The largest absolute Gasteiger partial charge is 0.275 e. The van der Waals surface area contributed by atoms with Crippen LogP contribution in [0.4, 0.5) is 0 Å². The van der Waals surface area contributed by atoms with E-state index in [0.29, 0.717) is 4.88 Å². The topological polar surface area (TPSA) is 17.1 Å². The van der Waals surface area contributed by atoms with Crippen molar-refractivity contribution in [1.29, 1.82) is 0 Å². The third-order valence-corrected chi connectivity index (χ3v) is 3.23. The first kappa shape index (κ1) is 8.75. The van der Waals surface area contributed by atoms with Crippen LogP contribution < -0.4 is 0 Å². The average molecular weight is 189 g/mol. The quantitative estimate of drug-likeness (QED) is 0.653. The minimum Gasteiger partial charge on any atom is -0.275 e. The lowest BCUT2D eigenvalue weighted by Crippen LogP contribution is -1.79. The number of carbonyl (C=O) groups is 1. The summed E-state index contributed by atoms with van der Waals surface area (Å²) >= 11 is 6.80. The van der Waals surface area contributed by atoms with Gasteiger partial charge in [0.05, 0.1) is 4.88 Å². The summed E-state index contributed by atoms with van der Waals surface area (Å²) in [6.07, 6.45) is 0.973. The number of hydrogen-bond acceptors (Lipinski definition) is 2. The Bertz CT molecular complexity index is 278. The fourth-order valence-corrected chi connectivity index (χ4v) is 2.08. The van der Waals surface area contributed by atoms with Crippen molar-refractivity contribution < 1.29 is 4.79 Å². The van der Waals surface area contributed by atoms with E-state index >= 15 is 0 Å². The highest BCUT2D eigenvalue weighted by Crippen LogP contribution is 2.23. The lowest BCUT2D eigenvalue weighted by atomic mass is 10.2. The van der Waals surface area contributed by atoms with E-state index in [1.807, 2.05) is 13.0 Å².